The van der Waals surface area contributed by atoms with E-state index in [9.17, 15) is 0 Å². The number of halogens is 1. The highest BCUT2D eigenvalue weighted by atomic mass is 127. The van der Waals surface area contributed by atoms with E-state index in [1.165, 1.54) is 14.6 Å². The van der Waals surface area contributed by atoms with Gasteiger partial charge in [-0.05, 0) is 31.0 Å². The standard InChI is InChI=1S/C10H12NS2.HI/c1-3-11-8-6-4-5-7-9(8)13-10(11)12-2;/h4-7H,3H2,1-2H3;1H/q+1;/p-1. The summed E-state index contributed by atoms with van der Waals surface area (Å²) in [5, 5.41) is 0. The Hall–Kier alpha value is 0.190. The van der Waals surface area contributed by atoms with Crippen LogP contribution in [0.3, 0.4) is 0 Å². The summed E-state index contributed by atoms with van der Waals surface area (Å²) in [4.78, 5) is 0. The van der Waals surface area contributed by atoms with Crippen molar-refractivity contribution >= 4 is 33.3 Å². The Balaban J connectivity index is 0.000000980. The second kappa shape index (κ2) is 5.32. The van der Waals surface area contributed by atoms with Gasteiger partial charge in [0, 0.05) is 6.07 Å². The van der Waals surface area contributed by atoms with Crippen LogP contribution in [-0.4, -0.2) is 6.26 Å². The lowest BCUT2D eigenvalue weighted by Crippen LogP contribution is -3.00. The highest BCUT2D eigenvalue weighted by molar-refractivity contribution is 8.00. The molecule has 2 aromatic rings. The number of hydrogen-bond donors (Lipinski definition) is 0. The van der Waals surface area contributed by atoms with Crippen molar-refractivity contribution in [3.8, 4) is 0 Å². The van der Waals surface area contributed by atoms with Gasteiger partial charge in [-0.1, -0.05) is 23.5 Å². The van der Waals surface area contributed by atoms with Crippen molar-refractivity contribution in [3.63, 3.8) is 0 Å². The summed E-state index contributed by atoms with van der Waals surface area (Å²) in [6.45, 7) is 3.25. The number of para-hydroxylation sites is 1. The third-order valence-corrected chi connectivity index (χ3v) is 4.34. The van der Waals surface area contributed by atoms with Crippen LogP contribution < -0.4 is 28.5 Å². The van der Waals surface area contributed by atoms with Gasteiger partial charge in [0.25, 0.3) is 4.34 Å². The summed E-state index contributed by atoms with van der Waals surface area (Å²) >= 11 is 3.70. The van der Waals surface area contributed by atoms with Gasteiger partial charge in [0.1, 0.15) is 11.2 Å². The van der Waals surface area contributed by atoms with Crippen molar-refractivity contribution in [2.24, 2.45) is 0 Å². The van der Waals surface area contributed by atoms with E-state index in [1.54, 1.807) is 0 Å². The molecular weight excluding hydrogens is 325 g/mol. The number of aromatic nitrogens is 1. The number of thioether (sulfide) groups is 1. The van der Waals surface area contributed by atoms with E-state index < -0.39 is 0 Å². The number of nitrogens with zero attached hydrogens (tertiary/aromatic N) is 1. The van der Waals surface area contributed by atoms with Crippen LogP contribution >= 0.6 is 23.1 Å². The Kier molecular flexibility index (Phi) is 4.66. The molecule has 1 nitrogen and oxygen atoms in total. The molecule has 0 unspecified atom stereocenters. The highest BCUT2D eigenvalue weighted by Gasteiger charge is 2.16. The highest BCUT2D eigenvalue weighted by Crippen LogP contribution is 2.25. The van der Waals surface area contributed by atoms with Crippen LogP contribution in [0.5, 0.6) is 0 Å². The van der Waals surface area contributed by atoms with Crippen molar-refractivity contribution in [2.45, 2.75) is 17.8 Å². The Morgan fingerprint density at radius 2 is 2.07 bits per heavy atom. The van der Waals surface area contributed by atoms with Gasteiger partial charge in [-0.3, -0.25) is 0 Å². The fourth-order valence-electron chi connectivity index (χ4n) is 1.47. The molecular formula is C10H12INS2. The van der Waals surface area contributed by atoms with Crippen LogP contribution in [0.15, 0.2) is 28.6 Å². The predicted octanol–water partition coefficient (Wildman–Crippen LogP) is -0.0654. The number of thiazole rings is 1. The van der Waals surface area contributed by atoms with E-state index in [-0.39, 0.29) is 24.0 Å². The molecule has 0 bridgehead atoms. The molecule has 2 rings (SSSR count). The van der Waals surface area contributed by atoms with E-state index in [0.717, 1.165) is 6.54 Å². The van der Waals surface area contributed by atoms with Gasteiger partial charge in [-0.15, -0.1) is 0 Å². The lowest BCUT2D eigenvalue weighted by atomic mass is 10.3. The summed E-state index contributed by atoms with van der Waals surface area (Å²) in [5.74, 6) is 0. The van der Waals surface area contributed by atoms with E-state index in [1.807, 2.05) is 23.1 Å². The Morgan fingerprint density at radius 1 is 1.36 bits per heavy atom. The molecule has 0 aliphatic heterocycles. The number of fused-ring (bicyclic) bond motifs is 1. The smallest absolute Gasteiger partial charge is 0.298 e. The molecule has 1 heterocycles. The van der Waals surface area contributed by atoms with Crippen LogP contribution in [0.2, 0.25) is 0 Å². The second-order valence-electron chi connectivity index (χ2n) is 2.78. The lowest BCUT2D eigenvalue weighted by molar-refractivity contribution is -0.698. The summed E-state index contributed by atoms with van der Waals surface area (Å²) < 4.78 is 5.14. The van der Waals surface area contributed by atoms with Gasteiger partial charge in [-0.25, -0.2) is 0 Å². The minimum Gasteiger partial charge on any atom is -1.00 e. The summed E-state index contributed by atoms with van der Waals surface area (Å²) in [7, 11) is 0. The zero-order chi connectivity index (χ0) is 9.26. The molecule has 0 saturated carbocycles. The monoisotopic (exact) mass is 337 g/mol. The maximum atomic E-state index is 2.37. The molecule has 0 aliphatic rings. The number of aryl methyl sites for hydroxylation is 1. The van der Waals surface area contributed by atoms with Gasteiger partial charge in [-0.2, -0.15) is 4.57 Å². The molecule has 14 heavy (non-hydrogen) atoms. The fraction of sp³-hybridized carbons (Fsp3) is 0.300. The van der Waals surface area contributed by atoms with Crippen LogP contribution in [0.1, 0.15) is 6.92 Å². The van der Waals surface area contributed by atoms with Crippen molar-refractivity contribution in [3.05, 3.63) is 24.3 Å². The Morgan fingerprint density at radius 3 is 2.71 bits per heavy atom. The minimum atomic E-state index is 0. The van der Waals surface area contributed by atoms with Crippen LogP contribution in [-0.2, 0) is 6.54 Å². The number of rotatable bonds is 2. The maximum absolute atomic E-state index is 2.37. The summed E-state index contributed by atoms with van der Waals surface area (Å²) in [5.41, 5.74) is 1.36. The Bertz CT molecular complexity index is 425. The molecule has 0 atom stereocenters. The Labute approximate surface area is 110 Å². The molecule has 0 radical (unpaired) electrons. The average molecular weight is 337 g/mol. The first kappa shape index (κ1) is 12.3. The van der Waals surface area contributed by atoms with E-state index in [2.05, 4.69) is 42.0 Å². The van der Waals surface area contributed by atoms with Crippen LogP contribution in [0, 0.1) is 0 Å². The SMILES string of the molecule is CC[n+]1c(SC)sc2ccccc21.[I-]. The zero-order valence-electron chi connectivity index (χ0n) is 8.16. The van der Waals surface area contributed by atoms with E-state index in [4.69, 9.17) is 0 Å². The maximum Gasteiger partial charge on any atom is 0.298 e. The molecule has 1 aromatic carbocycles. The first-order chi connectivity index (χ1) is 6.36. The molecule has 0 spiro atoms. The normalized spacial score (nSPS) is 10.1. The molecule has 0 amide bonds. The first-order valence-electron chi connectivity index (χ1n) is 4.32. The second-order valence-corrected chi connectivity index (χ2v) is 4.87. The van der Waals surface area contributed by atoms with Gasteiger partial charge in [0.2, 0.25) is 5.52 Å². The van der Waals surface area contributed by atoms with Crippen molar-refractivity contribution < 1.29 is 28.5 Å². The van der Waals surface area contributed by atoms with Crippen molar-refractivity contribution in [2.75, 3.05) is 6.26 Å². The van der Waals surface area contributed by atoms with Gasteiger partial charge in [0.05, 0.1) is 0 Å². The largest absolute Gasteiger partial charge is 1.00 e. The summed E-state index contributed by atoms with van der Waals surface area (Å²) in [6.07, 6.45) is 2.14. The predicted molar refractivity (Wildman–Crippen MR) is 59.5 cm³/mol. The van der Waals surface area contributed by atoms with Crippen molar-refractivity contribution in [1.82, 2.24) is 0 Å². The molecule has 0 saturated heterocycles. The third kappa shape index (κ3) is 2.06. The quantitative estimate of drug-likeness (QED) is 0.422. The van der Waals surface area contributed by atoms with Crippen molar-refractivity contribution in [1.29, 1.82) is 0 Å². The van der Waals surface area contributed by atoms with E-state index in [0.29, 0.717) is 0 Å². The third-order valence-electron chi connectivity index (χ3n) is 2.06. The van der Waals surface area contributed by atoms with Gasteiger partial charge >= 0.3 is 0 Å². The molecule has 0 aliphatic carbocycles. The van der Waals surface area contributed by atoms with Gasteiger partial charge < -0.3 is 24.0 Å². The molecule has 76 valence electrons. The molecule has 0 N–H and O–H groups in total. The average Bonchev–Trinajstić information content (AvgIpc) is 2.55. The van der Waals surface area contributed by atoms with Gasteiger partial charge in [0.15, 0.2) is 0 Å². The molecule has 4 heteroatoms. The number of hydrogen-bond acceptors (Lipinski definition) is 2. The number of benzene rings is 1. The minimum absolute atomic E-state index is 0. The van der Waals surface area contributed by atoms with Crippen LogP contribution in [0.4, 0.5) is 0 Å². The zero-order valence-corrected chi connectivity index (χ0v) is 11.9. The molecule has 0 fully saturated rings. The molecule has 1 aromatic heterocycles. The topological polar surface area (TPSA) is 3.88 Å². The summed E-state index contributed by atoms with van der Waals surface area (Å²) in [6, 6.07) is 8.58. The van der Waals surface area contributed by atoms with Crippen LogP contribution in [0.25, 0.3) is 10.2 Å². The van der Waals surface area contributed by atoms with E-state index >= 15 is 0 Å². The fourth-order valence-corrected chi connectivity index (χ4v) is 3.47. The first-order valence-corrected chi connectivity index (χ1v) is 6.36. The lowest BCUT2D eigenvalue weighted by Gasteiger charge is -1.90.